The summed E-state index contributed by atoms with van der Waals surface area (Å²) in [6, 6.07) is 10.9. The van der Waals surface area contributed by atoms with Crippen molar-refractivity contribution in [2.75, 3.05) is 46.1 Å². The minimum atomic E-state index is -4.50. The van der Waals surface area contributed by atoms with E-state index in [2.05, 4.69) is 10.2 Å². The fraction of sp³-hybridized carbons (Fsp3) is 0.480. The van der Waals surface area contributed by atoms with Gasteiger partial charge >= 0.3 is 6.18 Å². The van der Waals surface area contributed by atoms with Crippen LogP contribution in [0.3, 0.4) is 0 Å². The first-order valence-electron chi connectivity index (χ1n) is 11.4. The largest absolute Gasteiger partial charge is 0.416 e. The Labute approximate surface area is 196 Å². The van der Waals surface area contributed by atoms with Crippen LogP contribution in [0.1, 0.15) is 35.6 Å². The molecule has 0 radical (unpaired) electrons. The van der Waals surface area contributed by atoms with Gasteiger partial charge in [-0.3, -0.25) is 9.69 Å². The maximum atomic E-state index is 13.6. The monoisotopic (exact) mass is 480 g/mol. The van der Waals surface area contributed by atoms with Gasteiger partial charge in [0.15, 0.2) is 0 Å². The number of morpholine rings is 1. The number of ether oxygens (including phenoxy) is 2. The summed E-state index contributed by atoms with van der Waals surface area (Å²) in [6.45, 7) is 3.23. The molecule has 1 unspecified atom stereocenters. The summed E-state index contributed by atoms with van der Waals surface area (Å²) >= 11 is 0. The molecule has 2 fully saturated rings. The Morgan fingerprint density at radius 1 is 1.00 bits per heavy atom. The number of carbonyl (C=O) groups excluding carboxylic acids is 1. The smallest absolute Gasteiger partial charge is 0.381 e. The zero-order chi connectivity index (χ0) is 24.2. The summed E-state index contributed by atoms with van der Waals surface area (Å²) in [4.78, 5) is 15.8. The summed E-state index contributed by atoms with van der Waals surface area (Å²) in [5.41, 5.74) is -0.699. The van der Waals surface area contributed by atoms with Crippen molar-refractivity contribution >= 4 is 5.91 Å². The van der Waals surface area contributed by atoms with E-state index in [4.69, 9.17) is 9.47 Å². The zero-order valence-electron chi connectivity index (χ0n) is 18.7. The molecule has 2 aliphatic rings. The molecule has 2 aromatic carbocycles. The van der Waals surface area contributed by atoms with Gasteiger partial charge in [-0.05, 0) is 42.2 Å². The number of nitrogens with zero attached hydrogens (tertiary/aromatic N) is 1. The highest BCUT2D eigenvalue weighted by Crippen LogP contribution is 2.38. The third-order valence-electron chi connectivity index (χ3n) is 6.72. The van der Waals surface area contributed by atoms with Crippen LogP contribution in [-0.2, 0) is 25.9 Å². The number of halogens is 4. The molecule has 1 amide bonds. The third kappa shape index (κ3) is 5.42. The predicted octanol–water partition coefficient (Wildman–Crippen LogP) is 4.08. The summed E-state index contributed by atoms with van der Waals surface area (Å²) in [5, 5.41) is 3.01. The highest BCUT2D eigenvalue weighted by atomic mass is 19.4. The van der Waals surface area contributed by atoms with Crippen molar-refractivity contribution in [2.45, 2.75) is 30.5 Å². The van der Waals surface area contributed by atoms with E-state index in [1.165, 1.54) is 18.2 Å². The van der Waals surface area contributed by atoms with Gasteiger partial charge in [0.25, 0.3) is 0 Å². The van der Waals surface area contributed by atoms with Crippen LogP contribution in [0.4, 0.5) is 17.6 Å². The Morgan fingerprint density at radius 2 is 1.65 bits per heavy atom. The second-order valence-corrected chi connectivity index (χ2v) is 8.70. The number of amides is 1. The SMILES string of the molecule is O=C(NCC(c1ccc(F)cc1)N1CCOCC1)C1(c2cccc(C(F)(F)F)c2)CCOCC1. The second-order valence-electron chi connectivity index (χ2n) is 8.70. The number of hydrogen-bond acceptors (Lipinski definition) is 4. The van der Waals surface area contributed by atoms with E-state index < -0.39 is 17.2 Å². The fourth-order valence-electron chi connectivity index (χ4n) is 4.75. The lowest BCUT2D eigenvalue weighted by Gasteiger charge is -2.39. The van der Waals surface area contributed by atoms with Crippen LogP contribution in [0, 0.1) is 5.82 Å². The Kier molecular flexibility index (Phi) is 7.54. The first kappa shape index (κ1) is 24.6. The van der Waals surface area contributed by atoms with Crippen molar-refractivity contribution in [2.24, 2.45) is 0 Å². The van der Waals surface area contributed by atoms with Crippen molar-refractivity contribution in [1.29, 1.82) is 0 Å². The Balaban J connectivity index is 1.59. The molecule has 0 bridgehead atoms. The van der Waals surface area contributed by atoms with E-state index in [0.29, 0.717) is 44.7 Å². The van der Waals surface area contributed by atoms with Gasteiger partial charge in [0.2, 0.25) is 5.91 Å². The molecule has 1 atom stereocenters. The van der Waals surface area contributed by atoms with Gasteiger partial charge in [-0.2, -0.15) is 13.2 Å². The highest BCUT2D eigenvalue weighted by molar-refractivity contribution is 5.88. The molecule has 2 aromatic rings. The second kappa shape index (κ2) is 10.4. The molecule has 2 aliphatic heterocycles. The first-order chi connectivity index (χ1) is 16.3. The third-order valence-corrected chi connectivity index (χ3v) is 6.72. The Hall–Kier alpha value is -2.49. The van der Waals surface area contributed by atoms with E-state index in [0.717, 1.165) is 17.7 Å². The molecule has 4 rings (SSSR count). The average molecular weight is 481 g/mol. The summed E-state index contributed by atoms with van der Waals surface area (Å²) in [6.07, 6.45) is -3.92. The molecule has 184 valence electrons. The number of hydrogen-bond donors (Lipinski definition) is 1. The minimum absolute atomic E-state index is 0.216. The van der Waals surface area contributed by atoms with Crippen molar-refractivity contribution in [3.05, 3.63) is 71.0 Å². The number of benzene rings is 2. The molecule has 0 aliphatic carbocycles. The number of rotatable bonds is 6. The molecule has 0 aromatic heterocycles. The Bertz CT molecular complexity index is 969. The van der Waals surface area contributed by atoms with Gasteiger partial charge in [0.05, 0.1) is 30.2 Å². The average Bonchev–Trinajstić information content (AvgIpc) is 2.85. The lowest BCUT2D eigenvalue weighted by atomic mass is 9.73. The van der Waals surface area contributed by atoms with Crippen molar-refractivity contribution in [3.8, 4) is 0 Å². The van der Waals surface area contributed by atoms with Gasteiger partial charge in [0, 0.05) is 32.8 Å². The molecule has 2 heterocycles. The molecule has 34 heavy (non-hydrogen) atoms. The minimum Gasteiger partial charge on any atom is -0.381 e. The molecular formula is C25H28F4N2O3. The molecular weight excluding hydrogens is 452 g/mol. The summed E-state index contributed by atoms with van der Waals surface area (Å²) < 4.78 is 64.5. The lowest BCUT2D eigenvalue weighted by Crippen LogP contribution is -2.51. The van der Waals surface area contributed by atoms with Crippen molar-refractivity contribution in [3.63, 3.8) is 0 Å². The molecule has 5 nitrogen and oxygen atoms in total. The van der Waals surface area contributed by atoms with Gasteiger partial charge in [-0.15, -0.1) is 0 Å². The van der Waals surface area contributed by atoms with E-state index in [-0.39, 0.29) is 37.5 Å². The lowest BCUT2D eigenvalue weighted by molar-refractivity contribution is -0.138. The first-order valence-corrected chi connectivity index (χ1v) is 11.4. The van der Waals surface area contributed by atoms with Crippen LogP contribution < -0.4 is 5.32 Å². The number of alkyl halides is 3. The van der Waals surface area contributed by atoms with Gasteiger partial charge < -0.3 is 14.8 Å². The maximum absolute atomic E-state index is 13.6. The number of carbonyl (C=O) groups is 1. The highest BCUT2D eigenvalue weighted by Gasteiger charge is 2.43. The van der Waals surface area contributed by atoms with Crippen molar-refractivity contribution in [1.82, 2.24) is 10.2 Å². The fourth-order valence-corrected chi connectivity index (χ4v) is 4.75. The van der Waals surface area contributed by atoms with Crippen LogP contribution in [-0.4, -0.2) is 56.9 Å². The molecule has 9 heteroatoms. The van der Waals surface area contributed by atoms with Crippen LogP contribution in [0.2, 0.25) is 0 Å². The predicted molar refractivity (Wildman–Crippen MR) is 118 cm³/mol. The zero-order valence-corrected chi connectivity index (χ0v) is 18.7. The molecule has 0 spiro atoms. The molecule has 1 N–H and O–H groups in total. The summed E-state index contributed by atoms with van der Waals surface area (Å²) in [7, 11) is 0. The van der Waals surface area contributed by atoms with E-state index in [9.17, 15) is 22.4 Å². The van der Waals surface area contributed by atoms with E-state index in [1.807, 2.05) is 0 Å². The van der Waals surface area contributed by atoms with Crippen LogP contribution in [0.5, 0.6) is 0 Å². The van der Waals surface area contributed by atoms with E-state index >= 15 is 0 Å². The normalized spacial score (nSPS) is 20.0. The maximum Gasteiger partial charge on any atom is 0.416 e. The molecule has 0 saturated carbocycles. The van der Waals surface area contributed by atoms with E-state index in [1.54, 1.807) is 18.2 Å². The topological polar surface area (TPSA) is 50.8 Å². The van der Waals surface area contributed by atoms with Crippen LogP contribution in [0.15, 0.2) is 48.5 Å². The summed E-state index contributed by atoms with van der Waals surface area (Å²) in [5.74, 6) is -0.672. The van der Waals surface area contributed by atoms with Gasteiger partial charge in [-0.25, -0.2) is 4.39 Å². The van der Waals surface area contributed by atoms with Crippen LogP contribution >= 0.6 is 0 Å². The quantitative estimate of drug-likeness (QED) is 0.633. The number of nitrogens with one attached hydrogen (secondary N) is 1. The van der Waals surface area contributed by atoms with Crippen molar-refractivity contribution < 1.29 is 31.8 Å². The van der Waals surface area contributed by atoms with Gasteiger partial charge in [-0.1, -0.05) is 30.3 Å². The van der Waals surface area contributed by atoms with Gasteiger partial charge in [0.1, 0.15) is 5.82 Å². The van der Waals surface area contributed by atoms with Crippen LogP contribution in [0.25, 0.3) is 0 Å². The standard InChI is InChI=1S/C25H28F4N2O3/c26-21-6-4-18(5-7-21)22(31-10-14-34-15-11-31)17-30-23(32)24(8-12-33-13-9-24)19-2-1-3-20(16-19)25(27,28)29/h1-7,16,22H,8-15,17H2,(H,30,32). The molecule has 2 saturated heterocycles. The Morgan fingerprint density at radius 3 is 2.29 bits per heavy atom.